The Morgan fingerprint density at radius 1 is 0.963 bits per heavy atom. The number of aromatic nitrogens is 1. The number of ether oxygens (including phenoxy) is 2. The van der Waals surface area contributed by atoms with Crippen LogP contribution in [0, 0.1) is 6.92 Å². The van der Waals surface area contributed by atoms with Gasteiger partial charge in [0.25, 0.3) is 0 Å². The monoisotopic (exact) mass is 390 g/mol. The number of aryl methyl sites for hydroxylation is 1. The number of phenolic OH excluding ortho intramolecular Hbond substituents is 1. The lowest BCUT2D eigenvalue weighted by Gasteiger charge is -2.12. The summed E-state index contributed by atoms with van der Waals surface area (Å²) >= 11 is 0. The van der Waals surface area contributed by atoms with Crippen molar-refractivity contribution in [3.8, 4) is 40.0 Å². The molecule has 0 atom stereocenters. The molecular formula is C20H23ClN2O4. The van der Waals surface area contributed by atoms with E-state index in [0.717, 1.165) is 16.9 Å². The molecule has 1 N–H and O–H groups in total. The van der Waals surface area contributed by atoms with E-state index >= 15 is 0 Å². The molecular weight excluding hydrogens is 368 g/mol. The van der Waals surface area contributed by atoms with Crippen molar-refractivity contribution in [2.24, 2.45) is 0 Å². The molecule has 0 unspecified atom stereocenters. The van der Waals surface area contributed by atoms with Gasteiger partial charge in [-0.1, -0.05) is 12.1 Å². The van der Waals surface area contributed by atoms with Crippen LogP contribution in [-0.4, -0.2) is 38.4 Å². The lowest BCUT2D eigenvalue weighted by molar-refractivity contribution is 0.340. The highest BCUT2D eigenvalue weighted by molar-refractivity contribution is 5.85. The molecule has 144 valence electrons. The van der Waals surface area contributed by atoms with Crippen molar-refractivity contribution in [3.63, 3.8) is 0 Å². The maximum atomic E-state index is 10.1. The van der Waals surface area contributed by atoms with Gasteiger partial charge in [0.2, 0.25) is 11.6 Å². The molecule has 3 rings (SSSR count). The van der Waals surface area contributed by atoms with Crippen LogP contribution in [0.25, 0.3) is 22.7 Å². The zero-order valence-electron chi connectivity index (χ0n) is 15.9. The van der Waals surface area contributed by atoms with Crippen LogP contribution in [-0.2, 0) is 0 Å². The summed E-state index contributed by atoms with van der Waals surface area (Å²) in [6.45, 7) is 1.88. The molecule has 0 saturated heterocycles. The van der Waals surface area contributed by atoms with Gasteiger partial charge in [-0.05, 0) is 31.2 Å². The predicted molar refractivity (Wildman–Crippen MR) is 108 cm³/mol. The van der Waals surface area contributed by atoms with Gasteiger partial charge in [-0.25, -0.2) is 4.98 Å². The molecule has 0 aliphatic rings. The van der Waals surface area contributed by atoms with Gasteiger partial charge in [-0.15, -0.1) is 12.4 Å². The molecule has 1 aromatic heterocycles. The number of methoxy groups -OCH3 is 2. The van der Waals surface area contributed by atoms with Crippen LogP contribution in [0.5, 0.6) is 17.2 Å². The van der Waals surface area contributed by atoms with Crippen LogP contribution in [0.1, 0.15) is 5.76 Å². The second-order valence-electron chi connectivity index (χ2n) is 6.09. The van der Waals surface area contributed by atoms with Crippen LogP contribution in [0.4, 0.5) is 5.69 Å². The minimum atomic E-state index is -0.0541. The summed E-state index contributed by atoms with van der Waals surface area (Å²) in [5, 5.41) is 10.1. The maximum absolute atomic E-state index is 10.1. The number of rotatable bonds is 5. The van der Waals surface area contributed by atoms with E-state index in [1.807, 2.05) is 50.2 Å². The highest BCUT2D eigenvalue weighted by atomic mass is 35.5. The Kier molecular flexibility index (Phi) is 6.23. The number of hydrogen-bond acceptors (Lipinski definition) is 6. The SMILES string of the molecule is COc1cc(-c2nc(-c3ccc(N(C)C)cc3)c(C)o2)cc(OC)c1O.Cl. The molecule has 0 bridgehead atoms. The molecule has 0 amide bonds. The molecule has 0 radical (unpaired) electrons. The van der Waals surface area contributed by atoms with Gasteiger partial charge in [0, 0.05) is 30.9 Å². The summed E-state index contributed by atoms with van der Waals surface area (Å²) in [6.07, 6.45) is 0. The van der Waals surface area contributed by atoms with Gasteiger partial charge >= 0.3 is 0 Å². The molecule has 2 aromatic carbocycles. The normalized spacial score (nSPS) is 10.3. The molecule has 27 heavy (non-hydrogen) atoms. The summed E-state index contributed by atoms with van der Waals surface area (Å²) in [5.74, 6) is 1.69. The molecule has 0 aliphatic carbocycles. The number of oxazole rings is 1. The maximum Gasteiger partial charge on any atom is 0.227 e. The Morgan fingerprint density at radius 2 is 1.52 bits per heavy atom. The molecule has 0 aliphatic heterocycles. The van der Waals surface area contributed by atoms with Gasteiger partial charge in [0.05, 0.1) is 14.2 Å². The lowest BCUT2D eigenvalue weighted by atomic mass is 10.1. The molecule has 0 fully saturated rings. The van der Waals surface area contributed by atoms with E-state index in [-0.39, 0.29) is 18.2 Å². The van der Waals surface area contributed by atoms with Crippen molar-refractivity contribution < 1.29 is 19.0 Å². The quantitative estimate of drug-likeness (QED) is 0.690. The predicted octanol–water partition coefficient (Wildman–Crippen LogP) is 4.53. The molecule has 3 aromatic rings. The summed E-state index contributed by atoms with van der Waals surface area (Å²) in [5.41, 5.74) is 3.52. The summed E-state index contributed by atoms with van der Waals surface area (Å²) in [6, 6.07) is 11.4. The van der Waals surface area contributed by atoms with E-state index in [4.69, 9.17) is 13.9 Å². The van der Waals surface area contributed by atoms with E-state index in [1.54, 1.807) is 12.1 Å². The van der Waals surface area contributed by atoms with Gasteiger partial charge < -0.3 is 23.9 Å². The number of phenols is 1. The van der Waals surface area contributed by atoms with Gasteiger partial charge in [0.15, 0.2) is 11.5 Å². The minimum Gasteiger partial charge on any atom is -0.502 e. The van der Waals surface area contributed by atoms with Gasteiger partial charge in [0.1, 0.15) is 11.5 Å². The summed E-state index contributed by atoms with van der Waals surface area (Å²) < 4.78 is 16.3. The molecule has 1 heterocycles. The average molecular weight is 391 g/mol. The zero-order chi connectivity index (χ0) is 18.8. The van der Waals surface area contributed by atoms with Crippen molar-refractivity contribution in [1.82, 2.24) is 4.98 Å². The van der Waals surface area contributed by atoms with E-state index in [2.05, 4.69) is 4.98 Å². The smallest absolute Gasteiger partial charge is 0.227 e. The Balaban J connectivity index is 0.00000261. The second kappa shape index (κ2) is 8.22. The van der Waals surface area contributed by atoms with Crippen LogP contribution in [0.15, 0.2) is 40.8 Å². The van der Waals surface area contributed by atoms with E-state index in [9.17, 15) is 5.11 Å². The van der Waals surface area contributed by atoms with Crippen LogP contribution in [0.3, 0.4) is 0 Å². The fraction of sp³-hybridized carbons (Fsp3) is 0.250. The van der Waals surface area contributed by atoms with E-state index in [1.165, 1.54) is 14.2 Å². The van der Waals surface area contributed by atoms with Crippen molar-refractivity contribution in [3.05, 3.63) is 42.2 Å². The Hall–Kier alpha value is -2.86. The van der Waals surface area contributed by atoms with Crippen molar-refractivity contribution in [2.75, 3.05) is 33.2 Å². The second-order valence-corrected chi connectivity index (χ2v) is 6.09. The van der Waals surface area contributed by atoms with Gasteiger partial charge in [-0.3, -0.25) is 0 Å². The van der Waals surface area contributed by atoms with Gasteiger partial charge in [-0.2, -0.15) is 0 Å². The first-order chi connectivity index (χ1) is 12.4. The largest absolute Gasteiger partial charge is 0.502 e. The van der Waals surface area contributed by atoms with Crippen LogP contribution in [0.2, 0.25) is 0 Å². The summed E-state index contributed by atoms with van der Waals surface area (Å²) in [4.78, 5) is 6.67. The standard InChI is InChI=1S/C20H22N2O4.ClH/c1-12-18(13-6-8-15(9-7-13)22(2)3)21-20(26-12)14-10-16(24-4)19(23)17(11-14)25-5;/h6-11,23H,1-5H3;1H. The van der Waals surface area contributed by atoms with Crippen LogP contribution >= 0.6 is 12.4 Å². The third-order valence-corrected chi connectivity index (χ3v) is 4.18. The molecule has 0 spiro atoms. The number of aromatic hydroxyl groups is 1. The fourth-order valence-corrected chi connectivity index (χ4v) is 2.72. The Morgan fingerprint density at radius 3 is 2.00 bits per heavy atom. The zero-order valence-corrected chi connectivity index (χ0v) is 16.8. The first-order valence-corrected chi connectivity index (χ1v) is 8.15. The van der Waals surface area contributed by atoms with Crippen LogP contribution < -0.4 is 14.4 Å². The van der Waals surface area contributed by atoms with Crippen molar-refractivity contribution in [1.29, 1.82) is 0 Å². The topological polar surface area (TPSA) is 68.0 Å². The van der Waals surface area contributed by atoms with Crippen molar-refractivity contribution >= 4 is 18.1 Å². The number of halogens is 1. The number of hydrogen-bond donors (Lipinski definition) is 1. The molecule has 6 nitrogen and oxygen atoms in total. The highest BCUT2D eigenvalue weighted by Gasteiger charge is 2.18. The Bertz CT molecular complexity index is 895. The van der Waals surface area contributed by atoms with Crippen molar-refractivity contribution in [2.45, 2.75) is 6.92 Å². The molecule has 7 heteroatoms. The third kappa shape index (κ3) is 3.95. The first kappa shape index (κ1) is 20.5. The number of anilines is 1. The third-order valence-electron chi connectivity index (χ3n) is 4.18. The fourth-order valence-electron chi connectivity index (χ4n) is 2.72. The first-order valence-electron chi connectivity index (χ1n) is 8.15. The van der Waals surface area contributed by atoms with E-state index in [0.29, 0.717) is 28.7 Å². The minimum absolute atomic E-state index is 0. The van der Waals surface area contributed by atoms with E-state index < -0.39 is 0 Å². The summed E-state index contributed by atoms with van der Waals surface area (Å²) in [7, 11) is 6.97. The average Bonchev–Trinajstić information content (AvgIpc) is 3.03. The number of benzene rings is 2. The number of nitrogens with zero attached hydrogens (tertiary/aromatic N) is 2. The molecule has 0 saturated carbocycles. The lowest BCUT2D eigenvalue weighted by Crippen LogP contribution is -2.07. The Labute approximate surface area is 164 Å². The highest BCUT2D eigenvalue weighted by Crippen LogP contribution is 2.41.